The van der Waals surface area contributed by atoms with E-state index in [1.54, 1.807) is 0 Å². The summed E-state index contributed by atoms with van der Waals surface area (Å²) in [4.78, 5) is 0. The molecule has 0 spiro atoms. The quantitative estimate of drug-likeness (QED) is 0.188. The van der Waals surface area contributed by atoms with E-state index in [9.17, 15) is 0 Å². The van der Waals surface area contributed by atoms with Crippen molar-refractivity contribution in [1.29, 1.82) is 0 Å². The van der Waals surface area contributed by atoms with Crippen LogP contribution in [0.3, 0.4) is 0 Å². The van der Waals surface area contributed by atoms with Gasteiger partial charge in [-0.1, -0.05) is 123 Å². The molecule has 7 rings (SSSR count). The second kappa shape index (κ2) is 7.03. The molecule has 156 valence electrons. The van der Waals surface area contributed by atoms with E-state index < -0.39 is 5.41 Å². The van der Waals surface area contributed by atoms with Crippen LogP contribution in [0.15, 0.2) is 118 Å². The number of benzene rings is 6. The van der Waals surface area contributed by atoms with E-state index in [1.807, 2.05) is 0 Å². The summed E-state index contributed by atoms with van der Waals surface area (Å²) in [6, 6.07) is 40.1. The van der Waals surface area contributed by atoms with E-state index in [0.717, 1.165) is 8.95 Å². The zero-order valence-corrected chi connectivity index (χ0v) is 20.8. The molecular weight excluding hydrogens is 532 g/mol. The van der Waals surface area contributed by atoms with E-state index in [0.29, 0.717) is 0 Å². The van der Waals surface area contributed by atoms with Gasteiger partial charge in [0.05, 0.1) is 5.41 Å². The summed E-state index contributed by atoms with van der Waals surface area (Å²) in [6.45, 7) is 0. The van der Waals surface area contributed by atoms with Gasteiger partial charge in [-0.15, -0.1) is 0 Å². The Morgan fingerprint density at radius 2 is 1.12 bits per heavy atom. The third-order valence-electron chi connectivity index (χ3n) is 7.19. The van der Waals surface area contributed by atoms with Gasteiger partial charge in [0.1, 0.15) is 0 Å². The molecule has 0 radical (unpaired) electrons. The maximum absolute atomic E-state index is 3.89. The molecule has 1 aliphatic carbocycles. The van der Waals surface area contributed by atoms with Gasteiger partial charge in [0.25, 0.3) is 0 Å². The molecule has 0 nitrogen and oxygen atoms in total. The summed E-state index contributed by atoms with van der Waals surface area (Å²) >= 11 is 7.74. The van der Waals surface area contributed by atoms with Gasteiger partial charge in [0.15, 0.2) is 0 Å². The van der Waals surface area contributed by atoms with E-state index in [-0.39, 0.29) is 0 Å². The molecule has 0 aliphatic heterocycles. The highest BCUT2D eigenvalue weighted by Gasteiger charge is 2.43. The molecule has 0 N–H and O–H groups in total. The second-order valence-corrected chi connectivity index (χ2v) is 10.6. The van der Waals surface area contributed by atoms with Gasteiger partial charge in [0.2, 0.25) is 0 Å². The Kier molecular flexibility index (Phi) is 4.16. The van der Waals surface area contributed by atoms with E-state index >= 15 is 0 Å². The smallest absolute Gasteiger partial charge is 0.0622 e. The van der Waals surface area contributed by atoms with E-state index in [2.05, 4.69) is 141 Å². The Labute approximate surface area is 209 Å². The normalized spacial score (nSPS) is 14.0. The molecule has 0 saturated heterocycles. The highest BCUT2D eigenvalue weighted by molar-refractivity contribution is 9.11. The first-order valence-corrected chi connectivity index (χ1v) is 12.7. The Hall–Kier alpha value is -2.94. The van der Waals surface area contributed by atoms with Crippen molar-refractivity contribution in [2.24, 2.45) is 0 Å². The van der Waals surface area contributed by atoms with Crippen LogP contribution in [0.4, 0.5) is 0 Å². The zero-order valence-electron chi connectivity index (χ0n) is 17.6. The zero-order chi connectivity index (χ0) is 22.2. The second-order valence-electron chi connectivity index (χ2n) is 8.78. The molecule has 0 aromatic heterocycles. The molecule has 0 bridgehead atoms. The molecule has 0 amide bonds. The summed E-state index contributed by atoms with van der Waals surface area (Å²) in [5.74, 6) is 0. The van der Waals surface area contributed by atoms with Gasteiger partial charge < -0.3 is 0 Å². The van der Waals surface area contributed by atoms with Crippen LogP contribution < -0.4 is 0 Å². The predicted octanol–water partition coefficient (Wildman–Crippen LogP) is 9.37. The van der Waals surface area contributed by atoms with Crippen molar-refractivity contribution in [3.63, 3.8) is 0 Å². The number of rotatable bonds is 2. The Balaban J connectivity index is 1.86. The summed E-state index contributed by atoms with van der Waals surface area (Å²) in [6.07, 6.45) is 0. The van der Waals surface area contributed by atoms with Crippen molar-refractivity contribution in [3.8, 4) is 0 Å². The minimum Gasteiger partial charge on any atom is -0.0622 e. The number of halogens is 2. The van der Waals surface area contributed by atoms with Crippen LogP contribution in [0, 0.1) is 0 Å². The highest BCUT2D eigenvalue weighted by atomic mass is 79.9. The average Bonchev–Trinajstić information content (AvgIpc) is 2.86. The summed E-state index contributed by atoms with van der Waals surface area (Å²) in [5, 5.41) is 7.84. The summed E-state index contributed by atoms with van der Waals surface area (Å²) < 4.78 is 2.25. The van der Waals surface area contributed by atoms with Gasteiger partial charge in [-0.05, 0) is 72.8 Å². The van der Waals surface area contributed by atoms with Gasteiger partial charge in [-0.2, -0.15) is 0 Å². The van der Waals surface area contributed by atoms with E-state index in [4.69, 9.17) is 0 Å². The van der Waals surface area contributed by atoms with Gasteiger partial charge >= 0.3 is 0 Å². The minimum atomic E-state index is -0.424. The molecule has 0 heterocycles. The highest BCUT2D eigenvalue weighted by Crippen LogP contribution is 2.56. The Morgan fingerprint density at radius 1 is 0.485 bits per heavy atom. The average molecular weight is 550 g/mol. The third-order valence-corrected chi connectivity index (χ3v) is 8.30. The third kappa shape index (κ3) is 2.51. The molecule has 1 aliphatic rings. The maximum Gasteiger partial charge on any atom is 0.0714 e. The molecule has 2 heteroatoms. The van der Waals surface area contributed by atoms with Gasteiger partial charge in [-0.25, -0.2) is 0 Å². The lowest BCUT2D eigenvalue weighted by molar-refractivity contribution is 0.758. The lowest BCUT2D eigenvalue weighted by Gasteiger charge is -2.41. The minimum absolute atomic E-state index is 0.424. The SMILES string of the molecule is Brc1cc2c3c(ccc4cc(Br)c5cccc(c5c43)C2(c2ccccc2)c2ccccc2)c1. The Bertz CT molecular complexity index is 1680. The first kappa shape index (κ1) is 19.5. The lowest BCUT2D eigenvalue weighted by atomic mass is 9.60. The van der Waals surface area contributed by atoms with Crippen LogP contribution in [0.1, 0.15) is 22.3 Å². The fourth-order valence-electron chi connectivity index (χ4n) is 5.99. The topological polar surface area (TPSA) is 0 Å². The van der Waals surface area contributed by atoms with Crippen LogP contribution in [-0.2, 0) is 5.41 Å². The van der Waals surface area contributed by atoms with Gasteiger partial charge in [0, 0.05) is 8.95 Å². The summed E-state index contributed by atoms with van der Waals surface area (Å²) in [7, 11) is 0. The first-order valence-electron chi connectivity index (χ1n) is 11.1. The van der Waals surface area contributed by atoms with Crippen LogP contribution in [0.5, 0.6) is 0 Å². The molecule has 6 aromatic carbocycles. The van der Waals surface area contributed by atoms with Crippen LogP contribution >= 0.6 is 31.9 Å². The van der Waals surface area contributed by atoms with Crippen molar-refractivity contribution in [2.45, 2.75) is 5.41 Å². The molecule has 0 unspecified atom stereocenters. The van der Waals surface area contributed by atoms with Crippen LogP contribution in [0.2, 0.25) is 0 Å². The van der Waals surface area contributed by atoms with Crippen LogP contribution in [0.25, 0.3) is 32.3 Å². The maximum atomic E-state index is 3.89. The molecule has 6 aromatic rings. The standard InChI is InChI=1S/C31H18Br2/c32-23-16-19-14-15-20-17-27(33)24-12-7-13-25-30(24)29(20)28(19)26(18-23)31(25,21-8-3-1-4-9-21)22-10-5-2-6-11-22/h1-18H. The van der Waals surface area contributed by atoms with Crippen molar-refractivity contribution >= 4 is 64.2 Å². The number of hydrogen-bond donors (Lipinski definition) is 0. The van der Waals surface area contributed by atoms with Gasteiger partial charge in [-0.3, -0.25) is 0 Å². The molecular formula is C31H18Br2. The lowest BCUT2D eigenvalue weighted by Crippen LogP contribution is -2.33. The van der Waals surface area contributed by atoms with Crippen molar-refractivity contribution in [1.82, 2.24) is 0 Å². The van der Waals surface area contributed by atoms with Crippen molar-refractivity contribution in [2.75, 3.05) is 0 Å². The van der Waals surface area contributed by atoms with Crippen LogP contribution in [-0.4, -0.2) is 0 Å². The monoisotopic (exact) mass is 548 g/mol. The molecule has 33 heavy (non-hydrogen) atoms. The molecule has 0 saturated carbocycles. The largest absolute Gasteiger partial charge is 0.0714 e. The predicted molar refractivity (Wildman–Crippen MR) is 146 cm³/mol. The fourth-order valence-corrected chi connectivity index (χ4v) is 7.04. The van der Waals surface area contributed by atoms with Crippen molar-refractivity contribution < 1.29 is 0 Å². The molecule has 0 atom stereocenters. The van der Waals surface area contributed by atoms with E-state index in [1.165, 1.54) is 54.6 Å². The summed E-state index contributed by atoms with van der Waals surface area (Å²) in [5.41, 5.74) is 4.81. The Morgan fingerprint density at radius 3 is 1.79 bits per heavy atom. The van der Waals surface area contributed by atoms with Crippen molar-refractivity contribution in [3.05, 3.63) is 140 Å². The first-order chi connectivity index (χ1) is 16.2. The molecule has 0 fully saturated rings. The number of hydrogen-bond acceptors (Lipinski definition) is 0. The fraction of sp³-hybridized carbons (Fsp3) is 0.0323.